The van der Waals surface area contributed by atoms with Gasteiger partial charge in [0.05, 0.1) is 6.04 Å². The van der Waals surface area contributed by atoms with E-state index in [2.05, 4.69) is 18.3 Å². The van der Waals surface area contributed by atoms with E-state index in [0.717, 1.165) is 23.4 Å². The van der Waals surface area contributed by atoms with Gasteiger partial charge in [-0.1, -0.05) is 35.9 Å². The minimum Gasteiger partial charge on any atom is -0.333 e. The molecule has 0 saturated carbocycles. The van der Waals surface area contributed by atoms with Gasteiger partial charge in [0.25, 0.3) is 0 Å². The van der Waals surface area contributed by atoms with Crippen LogP contribution in [0.5, 0.6) is 0 Å². The molecule has 2 aromatic carbocycles. The van der Waals surface area contributed by atoms with Crippen LogP contribution >= 0.6 is 0 Å². The van der Waals surface area contributed by atoms with Crippen LogP contribution in [0.3, 0.4) is 0 Å². The molecule has 0 spiro atoms. The van der Waals surface area contributed by atoms with Crippen molar-refractivity contribution in [2.45, 2.75) is 38.8 Å². The Balaban J connectivity index is 1.46. The SMILES string of the molecule is Cc1ccc(N2C[C@@H](NC(=O)N3c4ccccc4C[C@H]3C)CC2=O)cc1. The normalized spacial score (nSPS) is 21.8. The second-order valence-corrected chi connectivity index (χ2v) is 7.24. The van der Waals surface area contributed by atoms with Gasteiger partial charge in [0.1, 0.15) is 0 Å². The van der Waals surface area contributed by atoms with Gasteiger partial charge in [0, 0.05) is 30.4 Å². The van der Waals surface area contributed by atoms with E-state index in [1.54, 1.807) is 4.90 Å². The van der Waals surface area contributed by atoms with E-state index >= 15 is 0 Å². The molecule has 1 fully saturated rings. The molecular formula is C21H23N3O2. The highest BCUT2D eigenvalue weighted by molar-refractivity contribution is 5.99. The Morgan fingerprint density at radius 3 is 2.58 bits per heavy atom. The second kappa shape index (κ2) is 6.48. The highest BCUT2D eigenvalue weighted by atomic mass is 16.2. The molecule has 3 amide bonds. The molecule has 2 aromatic rings. The van der Waals surface area contributed by atoms with Crippen LogP contribution in [0.4, 0.5) is 16.2 Å². The molecule has 5 heteroatoms. The van der Waals surface area contributed by atoms with Gasteiger partial charge in [0.2, 0.25) is 5.91 Å². The third-order valence-corrected chi connectivity index (χ3v) is 5.22. The van der Waals surface area contributed by atoms with E-state index in [4.69, 9.17) is 0 Å². The van der Waals surface area contributed by atoms with Crippen molar-refractivity contribution in [2.75, 3.05) is 16.3 Å². The number of aryl methyl sites for hydroxylation is 1. The topological polar surface area (TPSA) is 52.7 Å². The molecule has 0 aromatic heterocycles. The number of hydrogen-bond acceptors (Lipinski definition) is 2. The first-order valence-corrected chi connectivity index (χ1v) is 9.07. The quantitative estimate of drug-likeness (QED) is 0.905. The predicted octanol–water partition coefficient (Wildman–Crippen LogP) is 3.26. The molecule has 2 aliphatic heterocycles. The van der Waals surface area contributed by atoms with Gasteiger partial charge in [-0.15, -0.1) is 0 Å². The summed E-state index contributed by atoms with van der Waals surface area (Å²) < 4.78 is 0. The molecule has 0 aliphatic carbocycles. The van der Waals surface area contributed by atoms with Gasteiger partial charge in [0.15, 0.2) is 0 Å². The lowest BCUT2D eigenvalue weighted by Crippen LogP contribution is -2.48. The first-order valence-electron chi connectivity index (χ1n) is 9.07. The molecule has 1 saturated heterocycles. The zero-order valence-corrected chi connectivity index (χ0v) is 15.1. The van der Waals surface area contributed by atoms with E-state index in [1.807, 2.05) is 54.3 Å². The Kier molecular flexibility index (Phi) is 4.15. The van der Waals surface area contributed by atoms with Gasteiger partial charge in [-0.25, -0.2) is 4.79 Å². The highest BCUT2D eigenvalue weighted by Crippen LogP contribution is 2.32. The third kappa shape index (κ3) is 2.94. The summed E-state index contributed by atoms with van der Waals surface area (Å²) >= 11 is 0. The van der Waals surface area contributed by atoms with Crippen molar-refractivity contribution in [1.82, 2.24) is 5.32 Å². The van der Waals surface area contributed by atoms with Crippen molar-refractivity contribution in [3.63, 3.8) is 0 Å². The van der Waals surface area contributed by atoms with Gasteiger partial charge in [-0.3, -0.25) is 9.69 Å². The molecule has 2 heterocycles. The van der Waals surface area contributed by atoms with Crippen molar-refractivity contribution < 1.29 is 9.59 Å². The monoisotopic (exact) mass is 349 g/mol. The maximum atomic E-state index is 12.9. The Bertz CT molecular complexity index is 847. The van der Waals surface area contributed by atoms with Crippen LogP contribution in [-0.2, 0) is 11.2 Å². The first kappa shape index (κ1) is 16.6. The average molecular weight is 349 g/mol. The predicted molar refractivity (Wildman–Crippen MR) is 103 cm³/mol. The summed E-state index contributed by atoms with van der Waals surface area (Å²) in [6.07, 6.45) is 1.20. The minimum atomic E-state index is -0.170. The number of carbonyl (C=O) groups is 2. The van der Waals surface area contributed by atoms with Crippen LogP contribution in [0.2, 0.25) is 0 Å². The summed E-state index contributed by atoms with van der Waals surface area (Å²) in [5.41, 5.74) is 4.21. The lowest BCUT2D eigenvalue weighted by Gasteiger charge is -2.25. The van der Waals surface area contributed by atoms with Gasteiger partial charge < -0.3 is 10.2 Å². The number of urea groups is 1. The number of hydrogen-bond donors (Lipinski definition) is 1. The number of carbonyl (C=O) groups excluding carboxylic acids is 2. The van der Waals surface area contributed by atoms with Crippen molar-refractivity contribution in [3.05, 3.63) is 59.7 Å². The number of rotatable bonds is 2. The van der Waals surface area contributed by atoms with Crippen LogP contribution in [0.1, 0.15) is 24.5 Å². The fourth-order valence-electron chi connectivity index (χ4n) is 3.90. The van der Waals surface area contributed by atoms with Crippen LogP contribution in [0, 0.1) is 6.92 Å². The van der Waals surface area contributed by atoms with Gasteiger partial charge in [-0.2, -0.15) is 0 Å². The number of fused-ring (bicyclic) bond motifs is 1. The molecule has 26 heavy (non-hydrogen) atoms. The van der Waals surface area contributed by atoms with E-state index in [0.29, 0.717) is 13.0 Å². The fraction of sp³-hybridized carbons (Fsp3) is 0.333. The van der Waals surface area contributed by atoms with E-state index in [-0.39, 0.29) is 24.0 Å². The average Bonchev–Trinajstić information content (AvgIpc) is 3.14. The zero-order chi connectivity index (χ0) is 18.3. The maximum Gasteiger partial charge on any atom is 0.322 e. The summed E-state index contributed by atoms with van der Waals surface area (Å²) in [6, 6.07) is 15.7. The number of nitrogens with one attached hydrogen (secondary N) is 1. The maximum absolute atomic E-state index is 12.9. The fourth-order valence-corrected chi connectivity index (χ4v) is 3.90. The molecule has 2 atom stereocenters. The number of benzene rings is 2. The standard InChI is InChI=1S/C21H23N3O2/c1-14-7-9-18(10-8-14)23-13-17(12-20(23)25)22-21(26)24-15(2)11-16-5-3-4-6-19(16)24/h3-10,15,17H,11-13H2,1-2H3,(H,22,26)/t15-,17+/m1/s1. The zero-order valence-electron chi connectivity index (χ0n) is 15.1. The minimum absolute atomic E-state index is 0.0500. The molecule has 5 nitrogen and oxygen atoms in total. The molecule has 4 rings (SSSR count). The smallest absolute Gasteiger partial charge is 0.322 e. The van der Waals surface area contributed by atoms with Crippen molar-refractivity contribution >= 4 is 23.3 Å². The van der Waals surface area contributed by atoms with Crippen LogP contribution in [-0.4, -0.2) is 30.6 Å². The number of anilines is 2. The second-order valence-electron chi connectivity index (χ2n) is 7.24. The van der Waals surface area contributed by atoms with Crippen molar-refractivity contribution in [3.8, 4) is 0 Å². The van der Waals surface area contributed by atoms with E-state index in [1.165, 1.54) is 5.56 Å². The lowest BCUT2D eigenvalue weighted by atomic mass is 10.1. The molecule has 0 bridgehead atoms. The third-order valence-electron chi connectivity index (χ3n) is 5.22. The van der Waals surface area contributed by atoms with Crippen LogP contribution in [0.25, 0.3) is 0 Å². The Morgan fingerprint density at radius 1 is 1.08 bits per heavy atom. The summed E-state index contributed by atoms with van der Waals surface area (Å²) in [7, 11) is 0. The van der Waals surface area contributed by atoms with Gasteiger partial charge >= 0.3 is 6.03 Å². The summed E-state index contributed by atoms with van der Waals surface area (Å²) in [4.78, 5) is 28.8. The number of nitrogens with zero attached hydrogens (tertiary/aromatic N) is 2. The molecular weight excluding hydrogens is 326 g/mol. The number of para-hydroxylation sites is 1. The van der Waals surface area contributed by atoms with Crippen molar-refractivity contribution in [1.29, 1.82) is 0 Å². The van der Waals surface area contributed by atoms with E-state index in [9.17, 15) is 9.59 Å². The number of amides is 3. The van der Waals surface area contributed by atoms with E-state index < -0.39 is 0 Å². The van der Waals surface area contributed by atoms with Crippen LogP contribution < -0.4 is 15.1 Å². The highest BCUT2D eigenvalue weighted by Gasteiger charge is 2.35. The molecule has 0 radical (unpaired) electrons. The molecule has 1 N–H and O–H groups in total. The molecule has 0 unspecified atom stereocenters. The Morgan fingerprint density at radius 2 is 1.81 bits per heavy atom. The van der Waals surface area contributed by atoms with Gasteiger partial charge in [-0.05, 0) is 44.0 Å². The first-order chi connectivity index (χ1) is 12.5. The molecule has 134 valence electrons. The van der Waals surface area contributed by atoms with Crippen LogP contribution in [0.15, 0.2) is 48.5 Å². The summed E-state index contributed by atoms with van der Waals surface area (Å²) in [5.74, 6) is 0.0500. The Labute approximate surface area is 153 Å². The summed E-state index contributed by atoms with van der Waals surface area (Å²) in [5, 5.41) is 3.06. The van der Waals surface area contributed by atoms with Crippen molar-refractivity contribution in [2.24, 2.45) is 0 Å². The lowest BCUT2D eigenvalue weighted by molar-refractivity contribution is -0.117. The molecule has 2 aliphatic rings. The largest absolute Gasteiger partial charge is 0.333 e. The Hall–Kier alpha value is -2.82. The summed E-state index contributed by atoms with van der Waals surface area (Å²) in [6.45, 7) is 4.59.